The SMILES string of the molecule is O=C(CN1CCN(Cc2ccc(Cl)c(Cl)c2)CC1)c1ccco1.O=C(O)C(=O)O. The molecule has 0 radical (unpaired) electrons. The number of furan rings is 1. The van der Waals surface area contributed by atoms with E-state index in [0.29, 0.717) is 22.4 Å². The molecule has 1 aromatic heterocycles. The molecular formula is C19H20Cl2N2O6. The number of carboxylic acids is 2. The number of hydrogen-bond acceptors (Lipinski definition) is 6. The van der Waals surface area contributed by atoms with Gasteiger partial charge >= 0.3 is 11.9 Å². The van der Waals surface area contributed by atoms with Gasteiger partial charge in [0.05, 0.1) is 22.9 Å². The van der Waals surface area contributed by atoms with E-state index >= 15 is 0 Å². The van der Waals surface area contributed by atoms with Gasteiger partial charge < -0.3 is 14.6 Å². The van der Waals surface area contributed by atoms with Crippen LogP contribution in [-0.2, 0) is 16.1 Å². The average Bonchev–Trinajstić information content (AvgIpc) is 3.22. The number of halogens is 2. The van der Waals surface area contributed by atoms with E-state index in [-0.39, 0.29) is 5.78 Å². The molecule has 1 fully saturated rings. The predicted molar refractivity (Wildman–Crippen MR) is 106 cm³/mol. The molecule has 29 heavy (non-hydrogen) atoms. The third-order valence-corrected chi connectivity index (χ3v) is 4.94. The van der Waals surface area contributed by atoms with Gasteiger partial charge in [-0.2, -0.15) is 0 Å². The van der Waals surface area contributed by atoms with Crippen LogP contribution in [0.5, 0.6) is 0 Å². The minimum Gasteiger partial charge on any atom is -0.473 e. The Morgan fingerprint density at radius 3 is 2.07 bits per heavy atom. The van der Waals surface area contributed by atoms with E-state index in [1.165, 1.54) is 6.26 Å². The summed E-state index contributed by atoms with van der Waals surface area (Å²) >= 11 is 12.0. The molecular weight excluding hydrogens is 423 g/mol. The van der Waals surface area contributed by atoms with Crippen LogP contribution in [-0.4, -0.2) is 70.5 Å². The van der Waals surface area contributed by atoms with Crippen molar-refractivity contribution in [3.63, 3.8) is 0 Å². The van der Waals surface area contributed by atoms with Crippen LogP contribution in [0.3, 0.4) is 0 Å². The highest BCUT2D eigenvalue weighted by molar-refractivity contribution is 6.42. The minimum atomic E-state index is -1.82. The van der Waals surface area contributed by atoms with Crippen LogP contribution in [0.15, 0.2) is 41.0 Å². The lowest BCUT2D eigenvalue weighted by atomic mass is 10.2. The molecule has 0 saturated carbocycles. The summed E-state index contributed by atoms with van der Waals surface area (Å²) in [7, 11) is 0. The molecule has 1 aliphatic heterocycles. The summed E-state index contributed by atoms with van der Waals surface area (Å²) in [6, 6.07) is 9.19. The summed E-state index contributed by atoms with van der Waals surface area (Å²) in [4.78, 5) is 34.8. The summed E-state index contributed by atoms with van der Waals surface area (Å²) in [5.41, 5.74) is 1.15. The minimum absolute atomic E-state index is 0.0351. The highest BCUT2D eigenvalue weighted by Crippen LogP contribution is 2.23. The maximum atomic E-state index is 12.0. The molecule has 0 atom stereocenters. The van der Waals surface area contributed by atoms with Crippen LogP contribution in [0.2, 0.25) is 10.0 Å². The van der Waals surface area contributed by atoms with Gasteiger partial charge in [0.15, 0.2) is 5.76 Å². The maximum Gasteiger partial charge on any atom is 0.414 e. The summed E-state index contributed by atoms with van der Waals surface area (Å²) in [5.74, 6) is -3.18. The Hall–Kier alpha value is -2.39. The monoisotopic (exact) mass is 442 g/mol. The van der Waals surface area contributed by atoms with Crippen molar-refractivity contribution in [2.45, 2.75) is 6.54 Å². The van der Waals surface area contributed by atoms with Crippen LogP contribution in [0.1, 0.15) is 16.1 Å². The number of carbonyl (C=O) groups excluding carboxylic acids is 1. The molecule has 0 aliphatic carbocycles. The van der Waals surface area contributed by atoms with Gasteiger partial charge in [0.1, 0.15) is 0 Å². The Balaban J connectivity index is 0.000000438. The number of benzene rings is 1. The topological polar surface area (TPSA) is 111 Å². The van der Waals surface area contributed by atoms with E-state index in [2.05, 4.69) is 9.80 Å². The van der Waals surface area contributed by atoms with Crippen LogP contribution >= 0.6 is 23.2 Å². The normalized spacial score (nSPS) is 14.7. The van der Waals surface area contributed by atoms with E-state index in [1.54, 1.807) is 12.1 Å². The van der Waals surface area contributed by atoms with Crippen molar-refractivity contribution in [3.8, 4) is 0 Å². The molecule has 0 bridgehead atoms. The first-order chi connectivity index (χ1) is 13.8. The number of rotatable bonds is 5. The fourth-order valence-corrected chi connectivity index (χ4v) is 3.04. The molecule has 1 saturated heterocycles. The number of carbonyl (C=O) groups is 3. The number of Topliss-reactive ketones (excluding diaryl/α,β-unsaturated/α-hetero) is 1. The average molecular weight is 443 g/mol. The second-order valence-electron chi connectivity index (χ2n) is 6.31. The molecule has 2 aromatic rings. The molecule has 156 valence electrons. The maximum absolute atomic E-state index is 12.0. The lowest BCUT2D eigenvalue weighted by Crippen LogP contribution is -2.47. The third-order valence-electron chi connectivity index (χ3n) is 4.20. The lowest BCUT2D eigenvalue weighted by molar-refractivity contribution is -0.159. The zero-order valence-corrected chi connectivity index (χ0v) is 16.9. The highest BCUT2D eigenvalue weighted by Gasteiger charge is 2.20. The standard InChI is InChI=1S/C17H18Cl2N2O2.C2H2O4/c18-14-4-3-13(10-15(14)19)11-20-5-7-21(8-6-20)12-16(22)17-2-1-9-23-17;3-1(4)2(5)6/h1-4,9-10H,5-8,11-12H2;(H,3,4)(H,5,6). The summed E-state index contributed by atoms with van der Waals surface area (Å²) in [6.45, 7) is 4.84. The Bertz CT molecular complexity index is 836. The van der Waals surface area contributed by atoms with Crippen LogP contribution < -0.4 is 0 Å². The third kappa shape index (κ3) is 7.51. The van der Waals surface area contributed by atoms with Gasteiger partial charge in [-0.25, -0.2) is 9.59 Å². The molecule has 1 aromatic carbocycles. The number of nitrogens with zero attached hydrogens (tertiary/aromatic N) is 2. The summed E-state index contributed by atoms with van der Waals surface area (Å²) in [6.07, 6.45) is 1.53. The second kappa shape index (κ2) is 11.0. The van der Waals surface area contributed by atoms with Gasteiger partial charge in [-0.05, 0) is 29.8 Å². The molecule has 0 unspecified atom stereocenters. The molecule has 10 heteroatoms. The van der Waals surface area contributed by atoms with Crippen molar-refractivity contribution in [3.05, 3.63) is 58.0 Å². The van der Waals surface area contributed by atoms with Gasteiger partial charge in [0.2, 0.25) is 5.78 Å². The fraction of sp³-hybridized carbons (Fsp3) is 0.316. The van der Waals surface area contributed by atoms with E-state index in [9.17, 15) is 4.79 Å². The van der Waals surface area contributed by atoms with Gasteiger partial charge in [0.25, 0.3) is 0 Å². The Morgan fingerprint density at radius 1 is 0.931 bits per heavy atom. The van der Waals surface area contributed by atoms with E-state index in [1.807, 2.05) is 18.2 Å². The number of hydrogen-bond donors (Lipinski definition) is 2. The predicted octanol–water partition coefficient (Wildman–Crippen LogP) is 2.74. The molecule has 2 heterocycles. The second-order valence-corrected chi connectivity index (χ2v) is 7.13. The van der Waals surface area contributed by atoms with Crippen molar-refractivity contribution in [1.29, 1.82) is 0 Å². The van der Waals surface area contributed by atoms with E-state index in [4.69, 9.17) is 47.4 Å². The quantitative estimate of drug-likeness (QED) is 0.536. The number of piperazine rings is 1. The molecule has 3 rings (SSSR count). The molecule has 1 aliphatic rings. The smallest absolute Gasteiger partial charge is 0.414 e. The largest absolute Gasteiger partial charge is 0.473 e. The van der Waals surface area contributed by atoms with E-state index in [0.717, 1.165) is 38.3 Å². The fourth-order valence-electron chi connectivity index (χ4n) is 2.72. The van der Waals surface area contributed by atoms with Crippen LogP contribution in [0.4, 0.5) is 0 Å². The van der Waals surface area contributed by atoms with Crippen molar-refractivity contribution in [1.82, 2.24) is 9.80 Å². The van der Waals surface area contributed by atoms with Crippen molar-refractivity contribution in [2.24, 2.45) is 0 Å². The van der Waals surface area contributed by atoms with Gasteiger partial charge in [-0.1, -0.05) is 29.3 Å². The first kappa shape index (κ1) is 22.9. The van der Waals surface area contributed by atoms with Crippen molar-refractivity contribution >= 4 is 40.9 Å². The lowest BCUT2D eigenvalue weighted by Gasteiger charge is -2.34. The zero-order valence-electron chi connectivity index (χ0n) is 15.4. The van der Waals surface area contributed by atoms with Crippen LogP contribution in [0.25, 0.3) is 0 Å². The molecule has 0 spiro atoms. The number of carboxylic acid groups (broad SMARTS) is 2. The Kier molecular flexibility index (Phi) is 8.66. The first-order valence-electron chi connectivity index (χ1n) is 8.68. The van der Waals surface area contributed by atoms with Crippen LogP contribution in [0, 0.1) is 0 Å². The van der Waals surface area contributed by atoms with Gasteiger partial charge in [-0.3, -0.25) is 14.6 Å². The molecule has 2 N–H and O–H groups in total. The van der Waals surface area contributed by atoms with Gasteiger partial charge in [0, 0.05) is 32.7 Å². The van der Waals surface area contributed by atoms with Crippen molar-refractivity contribution < 1.29 is 29.0 Å². The number of aliphatic carboxylic acids is 2. The molecule has 8 nitrogen and oxygen atoms in total. The molecule has 0 amide bonds. The summed E-state index contributed by atoms with van der Waals surface area (Å²) in [5, 5.41) is 16.0. The summed E-state index contributed by atoms with van der Waals surface area (Å²) < 4.78 is 5.15. The van der Waals surface area contributed by atoms with E-state index < -0.39 is 11.9 Å². The Morgan fingerprint density at radius 2 is 1.55 bits per heavy atom. The van der Waals surface area contributed by atoms with Crippen molar-refractivity contribution in [2.75, 3.05) is 32.7 Å². The highest BCUT2D eigenvalue weighted by atomic mass is 35.5. The zero-order chi connectivity index (χ0) is 21.4. The first-order valence-corrected chi connectivity index (χ1v) is 9.43. The number of ketones is 1. The van der Waals surface area contributed by atoms with Gasteiger partial charge in [-0.15, -0.1) is 0 Å². The Labute approximate surface area is 177 Å².